The number of amides is 1. The zero-order valence-corrected chi connectivity index (χ0v) is 91.1. The van der Waals surface area contributed by atoms with Crippen LogP contribution in [0.15, 0.2) is 163 Å². The van der Waals surface area contributed by atoms with E-state index in [0.717, 1.165) is 218 Å². The quantitative estimate of drug-likeness (QED) is 0.00761. The first-order valence-corrected chi connectivity index (χ1v) is 52.0. The average Bonchev–Trinajstić information content (AvgIpc) is 0.826. The van der Waals surface area contributed by atoms with Crippen molar-refractivity contribution in [3.8, 4) is 45.3 Å². The summed E-state index contributed by atoms with van der Waals surface area (Å²) in [5, 5.41) is 61.2. The average molecular weight is 2130 g/mol. The first-order valence-electron chi connectivity index (χ1n) is 50.4. The molecule has 0 aliphatic heterocycles. The first-order chi connectivity index (χ1) is 68.0. The smallest absolute Gasteiger partial charge is 0.339 e. The summed E-state index contributed by atoms with van der Waals surface area (Å²) < 4.78 is 47.1. The minimum absolute atomic E-state index is 0. The van der Waals surface area contributed by atoms with E-state index in [2.05, 4.69) is 241 Å². The van der Waals surface area contributed by atoms with E-state index in [1.165, 1.54) is 18.7 Å². The molecule has 32 nitrogen and oxygen atoms in total. The molecule has 0 aliphatic rings. The van der Waals surface area contributed by atoms with Gasteiger partial charge >= 0.3 is 271 Å². The number of benzene rings is 6. The monoisotopic (exact) mass is 2130 g/mol. The van der Waals surface area contributed by atoms with Crippen molar-refractivity contribution in [2.24, 2.45) is 20.1 Å². The molecule has 144 heavy (non-hydrogen) atoms. The zero-order valence-electron chi connectivity index (χ0n) is 88.0. The van der Waals surface area contributed by atoms with Crippen molar-refractivity contribution < 1.29 is 77.8 Å². The summed E-state index contributed by atoms with van der Waals surface area (Å²) in [6, 6.07) is 42.7. The minimum atomic E-state index is -1.09. The van der Waals surface area contributed by atoms with Crippen molar-refractivity contribution >= 4 is 104 Å². The van der Waals surface area contributed by atoms with Gasteiger partial charge in [-0.25, -0.2) is 4.79 Å². The Kier molecular flexibility index (Phi) is 82.1. The Morgan fingerprint density at radius 1 is 0.417 bits per heavy atom. The zero-order chi connectivity index (χ0) is 104. The maximum atomic E-state index is 13.0. The van der Waals surface area contributed by atoms with Gasteiger partial charge in [0.15, 0.2) is 0 Å². The number of nitrogens with zero attached hydrogens (tertiary/aromatic N) is 13. The first kappa shape index (κ1) is 138. The van der Waals surface area contributed by atoms with E-state index >= 15 is 0 Å². The number of aliphatic imine (C=N–C) groups is 2. The predicted octanol–water partition coefficient (Wildman–Crippen LogP) is 15.0. The molecule has 8 N–H and O–H groups in total. The van der Waals surface area contributed by atoms with Gasteiger partial charge in [-0.1, -0.05) is 215 Å². The molecule has 5 atom stereocenters. The Morgan fingerprint density at radius 2 is 0.736 bits per heavy atom. The molecular weight excluding hydrogens is 1950 g/mol. The molecule has 6 aromatic carbocycles. The van der Waals surface area contributed by atoms with Gasteiger partial charge in [0.1, 0.15) is 49.2 Å². The van der Waals surface area contributed by atoms with Crippen LogP contribution in [0.2, 0.25) is 26.3 Å². The fourth-order valence-corrected chi connectivity index (χ4v) is 16.1. The second-order valence-electron chi connectivity index (χ2n) is 33.3. The van der Waals surface area contributed by atoms with Gasteiger partial charge in [0.2, 0.25) is 0 Å². The number of carbonyl (C=O) groups is 3. The summed E-state index contributed by atoms with van der Waals surface area (Å²) in [5.41, 5.74) is 6.43. The number of ether oxygens (including phenoxy) is 4. The number of likely N-dealkylation sites (N-methyl/N-ethyl adjacent to an activating group) is 9. The predicted molar refractivity (Wildman–Crippen MR) is 607 cm³/mol. The van der Waals surface area contributed by atoms with Crippen LogP contribution in [-0.2, 0) is 23.9 Å². The van der Waals surface area contributed by atoms with Crippen LogP contribution in [0.3, 0.4) is 0 Å². The van der Waals surface area contributed by atoms with Crippen LogP contribution in [0, 0.1) is 13.8 Å². The fraction of sp³-hybridized carbons (Fsp3) is 0.606. The van der Waals surface area contributed by atoms with Gasteiger partial charge in [0.05, 0.1) is 23.7 Å². The SMILES string of the molecule is C.C.C.CB(O)NCCON=BC[C@H](CO)N=CB=O.CB(O)NCCON=BC[C@H](COc1ccc(Br)cc1C)N=CB=O.CCN(CC)CCN(CC)C[C@H](COc1ccc(-c2ccccc2)cc1C(=O)NCC(=O)O)N(CC)CC.CCN(CC)CCN(CC)C[C@H](COc1ccc(-c2ccccc2)cc1C(=O)O)N(CC)CC.CCN(CC)CCN(CC)C[C@H](COc1ccc(Br)cc1C)N(CC)CC. The molecule has 0 aromatic heterocycles. The molecule has 1 amide bonds. The number of aliphatic carboxylic acids is 1. The van der Waals surface area contributed by atoms with Crippen LogP contribution in [0.5, 0.6) is 23.0 Å². The Bertz CT molecular complexity index is 4430. The third-order valence-corrected chi connectivity index (χ3v) is 24.9. The molecule has 0 fully saturated rings. The molecule has 0 saturated heterocycles. The summed E-state index contributed by atoms with van der Waals surface area (Å²) in [6.45, 7) is 67.7. The van der Waals surface area contributed by atoms with Crippen LogP contribution in [-0.4, -0.2) is 395 Å². The number of carbonyl (C=O) groups excluding carboxylic acids is 1. The number of nitrogens with one attached hydrogen (secondary N) is 3. The maximum absolute atomic E-state index is 13.0. The number of rotatable bonds is 70. The summed E-state index contributed by atoms with van der Waals surface area (Å²) >= 11 is 6.94. The van der Waals surface area contributed by atoms with Crippen LogP contribution in [0.1, 0.15) is 158 Å². The van der Waals surface area contributed by atoms with E-state index in [1.54, 1.807) is 38.9 Å². The van der Waals surface area contributed by atoms with E-state index in [-0.39, 0.29) is 58.6 Å². The molecule has 0 heterocycles. The Labute approximate surface area is 885 Å². The number of aliphatic hydroxyl groups is 1. The molecule has 6 rings (SSSR count). The molecule has 802 valence electrons. The van der Waals surface area contributed by atoms with Crippen molar-refractivity contribution in [1.29, 1.82) is 0 Å². The number of aliphatic hydroxyl groups excluding tert-OH is 1. The van der Waals surface area contributed by atoms with Crippen LogP contribution < -0.4 is 34.7 Å². The Balaban J connectivity index is 0. The van der Waals surface area contributed by atoms with Crippen molar-refractivity contribution in [2.45, 2.75) is 196 Å². The van der Waals surface area contributed by atoms with Crippen molar-refractivity contribution in [3.63, 3.8) is 0 Å². The van der Waals surface area contributed by atoms with E-state index in [9.17, 15) is 28.9 Å². The molecule has 0 aliphatic carbocycles. The van der Waals surface area contributed by atoms with Gasteiger partial charge in [0.25, 0.3) is 5.91 Å². The topological polar surface area (TPSA) is 357 Å². The molecular formula is C104H178B6Br2N16O16. The third-order valence-electron chi connectivity index (χ3n) is 23.9. The normalized spacial score (nSPS) is 12.1. The molecule has 0 bridgehead atoms. The molecule has 0 radical (unpaired) electrons. The van der Waals surface area contributed by atoms with E-state index < -0.39 is 38.5 Å². The van der Waals surface area contributed by atoms with Crippen LogP contribution in [0.4, 0.5) is 0 Å². The van der Waals surface area contributed by atoms with Crippen LogP contribution >= 0.6 is 31.9 Å². The van der Waals surface area contributed by atoms with Gasteiger partial charge in [-0.05, 0) is 175 Å². The summed E-state index contributed by atoms with van der Waals surface area (Å²) in [6.07, 6.45) is 3.18. The van der Waals surface area contributed by atoms with Crippen LogP contribution in [0.25, 0.3) is 22.3 Å². The fourth-order valence-electron chi connectivity index (χ4n) is 15.2. The summed E-state index contributed by atoms with van der Waals surface area (Å²) in [7, 11) is 3.11. The number of aromatic carboxylic acids is 1. The number of hydrogen-bond acceptors (Lipinski definition) is 29. The minimum Gasteiger partial charge on any atom is -0.492 e. The molecule has 0 unspecified atom stereocenters. The van der Waals surface area contributed by atoms with E-state index in [1.807, 2.05) is 104 Å². The van der Waals surface area contributed by atoms with Gasteiger partial charge in [-0.2, -0.15) is 0 Å². The Morgan fingerprint density at radius 3 is 1.06 bits per heavy atom. The maximum Gasteiger partial charge on any atom is 0.339 e. The molecule has 40 heteroatoms. The standard InChI is InChI=1S/C30H46N4O4.C28H43N3O3.C22H40BrN3O.C14H21B3BrN3O4.C7H16B3N3O4.3CH4/c1-6-32(7-2)18-19-33(8-3)22-26(34(9-4)10-5)23-38-28-17-16-25(24-14-12-11-13-15-24)20-27(28)30(37)31-21-29(35)36;1-6-29(7-2)18-19-30(8-3)21-25(31(9-4)10-5)22-34-27-17-16-24(20-26(27)28(32)33)23-14-12-11-13-15-23;1-7-24(8-2)14-15-25(9-3)17-21(26(10-4)11-5)18-27-22-13-12-20(23)16-19(22)6;1-11-7-12(18)3-4-14(11)24-9-13(19-10-16-22)8-15-21-25-6-5-20-17(2)23;1-10(16)12-2-3-17-13-8-4-7(5-14)11-6-9-15;;;/h11-17,20,26H,6-10,18-19,21-23H2,1-5H3,(H,31,37)(H,35,36);11-17,20,25H,6-10,18-19,21-22H2,1-5H3,(H,32,33);12-13,16,21H,7-11,14-15,17-18H2,1-6H3;3-4,7,10,13,20,23H,5-6,8-9H2,1-2H3;6-7,12,14,16H,2-5H2,1H3;3*1H4/t26-;25-;21-;13-;7-;;;/m11111.../s1. The van der Waals surface area contributed by atoms with Crippen molar-refractivity contribution in [3.05, 3.63) is 165 Å². The number of carboxylic acids is 2. The molecule has 0 spiro atoms. The summed E-state index contributed by atoms with van der Waals surface area (Å²) in [5.74, 6) is 0.112. The number of carboxylic acid groups (broad SMARTS) is 2. The Hall–Kier alpha value is -8.14. The summed E-state index contributed by atoms with van der Waals surface area (Å²) in [4.78, 5) is 76.1. The third kappa shape index (κ3) is 59.2. The second kappa shape index (κ2) is 85.8. The van der Waals surface area contributed by atoms with Crippen molar-refractivity contribution in [2.75, 3.05) is 223 Å². The number of halogens is 2. The number of hydrogen-bond donors (Lipinski definition) is 8. The molecule has 0 saturated carbocycles. The largest absolute Gasteiger partial charge is 0.492 e. The van der Waals surface area contributed by atoms with Gasteiger partial charge < -0.3 is 59.1 Å². The van der Waals surface area contributed by atoms with E-state index in [4.69, 9.17) is 48.9 Å². The van der Waals surface area contributed by atoms with Gasteiger partial charge in [-0.15, -0.1) is 0 Å². The van der Waals surface area contributed by atoms with Gasteiger partial charge in [-0.3, -0.25) is 24.3 Å². The number of aryl methyl sites for hydroxylation is 2. The van der Waals surface area contributed by atoms with Gasteiger partial charge in [0, 0.05) is 63.4 Å². The van der Waals surface area contributed by atoms with Crippen molar-refractivity contribution in [1.82, 2.24) is 59.9 Å². The molecule has 6 aromatic rings. The second-order valence-corrected chi connectivity index (χ2v) is 35.1. The van der Waals surface area contributed by atoms with E-state index in [0.29, 0.717) is 96.2 Å².